The molecule has 0 bridgehead atoms. The van der Waals surface area contributed by atoms with Crippen molar-refractivity contribution in [3.8, 4) is 0 Å². The number of rotatable bonds is 3. The lowest BCUT2D eigenvalue weighted by atomic mass is 10.0. The average molecular weight is 442 g/mol. The van der Waals surface area contributed by atoms with Gasteiger partial charge in [-0.15, -0.1) is 0 Å². The Kier molecular flexibility index (Phi) is 16.2. The third kappa shape index (κ3) is 9.97. The highest BCUT2D eigenvalue weighted by atomic mass is 16.4. The van der Waals surface area contributed by atoms with Gasteiger partial charge in [-0.25, -0.2) is 0 Å². The van der Waals surface area contributed by atoms with Gasteiger partial charge in [-0.3, -0.25) is 4.99 Å². The van der Waals surface area contributed by atoms with Crippen LogP contribution in [0.3, 0.4) is 0 Å². The first-order valence-electron chi connectivity index (χ1n) is 11.8. The number of nitrogens with zero attached hydrogens (tertiary/aromatic N) is 3. The smallest absolute Gasteiger partial charge is 0.0485 e. The van der Waals surface area contributed by atoms with Gasteiger partial charge >= 0.3 is 0 Å². The maximum Gasteiger partial charge on any atom is 0.0485 e. The van der Waals surface area contributed by atoms with E-state index >= 15 is 0 Å². The molecule has 0 amide bonds. The number of aliphatic imine (C=N–C) groups is 1. The molecular formula is C28H47N3O. The van der Waals surface area contributed by atoms with Gasteiger partial charge in [0.2, 0.25) is 0 Å². The lowest BCUT2D eigenvalue weighted by Gasteiger charge is -2.24. The summed E-state index contributed by atoms with van der Waals surface area (Å²) >= 11 is 0. The topological polar surface area (TPSA) is 29.8 Å². The van der Waals surface area contributed by atoms with Crippen LogP contribution in [0.15, 0.2) is 47.1 Å². The third-order valence-corrected chi connectivity index (χ3v) is 5.15. The zero-order chi connectivity index (χ0) is 24.5. The molecular weight excluding hydrogens is 394 g/mol. The molecule has 2 aromatic rings. The van der Waals surface area contributed by atoms with E-state index in [1.165, 1.54) is 29.4 Å². The Hall–Kier alpha value is -2.17. The monoisotopic (exact) mass is 441 g/mol. The second-order valence-electron chi connectivity index (χ2n) is 7.90. The molecule has 0 unspecified atom stereocenters. The zero-order valence-electron chi connectivity index (χ0n) is 22.3. The number of aryl methyl sites for hydroxylation is 2. The predicted octanol–water partition coefficient (Wildman–Crippen LogP) is 7.19. The van der Waals surface area contributed by atoms with Gasteiger partial charge in [-0.05, 0) is 72.7 Å². The van der Waals surface area contributed by atoms with E-state index in [0.29, 0.717) is 0 Å². The number of hydrogen-bond donors (Lipinski definition) is 0. The summed E-state index contributed by atoms with van der Waals surface area (Å²) in [5.41, 5.74) is 6.98. The van der Waals surface area contributed by atoms with Crippen molar-refractivity contribution in [2.75, 3.05) is 27.8 Å². The first-order chi connectivity index (χ1) is 15.3. The molecule has 1 aliphatic rings. The number of allylic oxidation sites excluding steroid dienone is 4. The van der Waals surface area contributed by atoms with Gasteiger partial charge in [0.15, 0.2) is 0 Å². The minimum Gasteiger partial charge on any atom is -0.388 e. The van der Waals surface area contributed by atoms with Crippen molar-refractivity contribution in [3.05, 3.63) is 58.9 Å². The highest BCUT2D eigenvalue weighted by Crippen LogP contribution is 2.31. The maximum absolute atomic E-state index is 4.25. The molecule has 0 radical (unpaired) electrons. The van der Waals surface area contributed by atoms with Crippen molar-refractivity contribution in [3.63, 3.8) is 0 Å². The fraction of sp³-hybridized carbons (Fsp3) is 0.536. The molecule has 1 aliphatic heterocycles. The van der Waals surface area contributed by atoms with Gasteiger partial charge in [0, 0.05) is 68.8 Å². The standard InChI is InChI=1S/C15H20N2.C7H13N.C4H8.C2H6O/c1-4-17-14-6-5-11(2)9-12(14)13-10-16(3)8-7-15(13)17;1-4-6-8-7(3)5-2;1-3-4-2;1-3-2/h5-6,9H,4,7-8,10H2,1-3H3;5-6H,4H2,1-3H3;3-4H,1-2H3;1-2H3/b;7-5-,8-6?;4-3-;. The number of likely N-dealkylation sites (N-methyl/N-ethyl adjacent to an activating group) is 1. The van der Waals surface area contributed by atoms with Gasteiger partial charge in [0.05, 0.1) is 0 Å². The van der Waals surface area contributed by atoms with E-state index in [9.17, 15) is 0 Å². The molecule has 32 heavy (non-hydrogen) atoms. The second-order valence-corrected chi connectivity index (χ2v) is 7.90. The van der Waals surface area contributed by atoms with Gasteiger partial charge < -0.3 is 14.2 Å². The second kappa shape index (κ2) is 17.4. The number of ether oxygens (including phenoxy) is 1. The maximum atomic E-state index is 4.25. The number of aromatic nitrogens is 1. The van der Waals surface area contributed by atoms with Crippen LogP contribution in [-0.2, 0) is 24.2 Å². The Bertz CT molecular complexity index is 855. The van der Waals surface area contributed by atoms with Crippen LogP contribution < -0.4 is 0 Å². The Morgan fingerprint density at radius 1 is 1.12 bits per heavy atom. The summed E-state index contributed by atoms with van der Waals surface area (Å²) in [5.74, 6) is 0. The summed E-state index contributed by atoms with van der Waals surface area (Å²) in [6.07, 6.45) is 10.1. The molecule has 3 rings (SSSR count). The molecule has 0 N–H and O–H groups in total. The van der Waals surface area contributed by atoms with Crippen molar-refractivity contribution in [2.24, 2.45) is 4.99 Å². The van der Waals surface area contributed by atoms with Crippen molar-refractivity contribution in [2.45, 2.75) is 74.4 Å². The Morgan fingerprint density at radius 2 is 1.75 bits per heavy atom. The lowest BCUT2D eigenvalue weighted by molar-refractivity contribution is 0.277. The SMILES string of the molecule is C/C=C(/C)N=CCC.C/C=C\C.CCn1c2c(c3cc(C)ccc31)CN(C)CC2.COC. The number of hydrogen-bond acceptors (Lipinski definition) is 3. The van der Waals surface area contributed by atoms with Crippen molar-refractivity contribution in [1.82, 2.24) is 9.47 Å². The van der Waals surface area contributed by atoms with Crippen molar-refractivity contribution < 1.29 is 4.74 Å². The summed E-state index contributed by atoms with van der Waals surface area (Å²) in [6.45, 7) is 17.9. The van der Waals surface area contributed by atoms with Gasteiger partial charge in [-0.2, -0.15) is 0 Å². The van der Waals surface area contributed by atoms with Crippen LogP contribution in [0.4, 0.5) is 0 Å². The highest BCUT2D eigenvalue weighted by Gasteiger charge is 2.21. The molecule has 4 nitrogen and oxygen atoms in total. The first-order valence-corrected chi connectivity index (χ1v) is 11.8. The average Bonchev–Trinajstić information content (AvgIpc) is 3.10. The molecule has 1 aromatic carbocycles. The first kappa shape index (κ1) is 29.8. The minimum absolute atomic E-state index is 1.02. The summed E-state index contributed by atoms with van der Waals surface area (Å²) in [4.78, 5) is 6.52. The van der Waals surface area contributed by atoms with Crippen LogP contribution in [0, 0.1) is 6.92 Å². The van der Waals surface area contributed by atoms with Crippen LogP contribution in [0.2, 0.25) is 0 Å². The molecule has 1 aromatic heterocycles. The van der Waals surface area contributed by atoms with E-state index in [-0.39, 0.29) is 0 Å². The minimum atomic E-state index is 1.02. The van der Waals surface area contributed by atoms with E-state index in [0.717, 1.165) is 25.2 Å². The highest BCUT2D eigenvalue weighted by molar-refractivity contribution is 5.86. The molecule has 0 spiro atoms. The molecule has 0 saturated carbocycles. The summed E-state index contributed by atoms with van der Waals surface area (Å²) < 4.78 is 6.75. The summed E-state index contributed by atoms with van der Waals surface area (Å²) in [6, 6.07) is 6.86. The van der Waals surface area contributed by atoms with Gasteiger partial charge in [0.25, 0.3) is 0 Å². The molecule has 180 valence electrons. The fourth-order valence-corrected chi connectivity index (χ4v) is 3.37. The Labute approximate surface area is 197 Å². The number of fused-ring (bicyclic) bond motifs is 3. The van der Waals surface area contributed by atoms with E-state index in [4.69, 9.17) is 0 Å². The largest absolute Gasteiger partial charge is 0.388 e. The summed E-state index contributed by atoms with van der Waals surface area (Å²) in [7, 11) is 5.47. The van der Waals surface area contributed by atoms with E-state index in [1.807, 2.05) is 52.1 Å². The van der Waals surface area contributed by atoms with Gasteiger partial charge in [-0.1, -0.05) is 36.8 Å². The van der Waals surface area contributed by atoms with Crippen molar-refractivity contribution >= 4 is 17.1 Å². The molecule has 0 fully saturated rings. The Balaban J connectivity index is 0.000000538. The molecule has 2 heterocycles. The van der Waals surface area contributed by atoms with Gasteiger partial charge in [0.1, 0.15) is 0 Å². The van der Waals surface area contributed by atoms with E-state index in [2.05, 4.69) is 65.2 Å². The van der Waals surface area contributed by atoms with Crippen LogP contribution in [0.1, 0.15) is 64.8 Å². The van der Waals surface area contributed by atoms with Crippen LogP contribution in [0.25, 0.3) is 10.9 Å². The Morgan fingerprint density at radius 3 is 2.25 bits per heavy atom. The lowest BCUT2D eigenvalue weighted by Crippen LogP contribution is -2.27. The quantitative estimate of drug-likeness (QED) is 0.372. The van der Waals surface area contributed by atoms with Crippen LogP contribution in [0.5, 0.6) is 0 Å². The molecule has 0 aliphatic carbocycles. The summed E-state index contributed by atoms with van der Waals surface area (Å²) in [5, 5.41) is 1.47. The van der Waals surface area contributed by atoms with E-state index in [1.54, 1.807) is 25.5 Å². The van der Waals surface area contributed by atoms with Crippen LogP contribution in [-0.4, -0.2) is 43.5 Å². The van der Waals surface area contributed by atoms with E-state index < -0.39 is 0 Å². The predicted molar refractivity (Wildman–Crippen MR) is 144 cm³/mol. The molecule has 0 atom stereocenters. The molecule has 0 saturated heterocycles. The number of methoxy groups -OCH3 is 1. The fourth-order valence-electron chi connectivity index (χ4n) is 3.37. The normalized spacial score (nSPS) is 13.8. The molecule has 4 heteroatoms. The zero-order valence-corrected chi connectivity index (χ0v) is 22.3. The number of benzene rings is 1. The third-order valence-electron chi connectivity index (χ3n) is 5.15. The van der Waals surface area contributed by atoms with Crippen molar-refractivity contribution in [1.29, 1.82) is 0 Å². The van der Waals surface area contributed by atoms with Crippen LogP contribution >= 0.6 is 0 Å².